The van der Waals surface area contributed by atoms with E-state index in [2.05, 4.69) is 12.2 Å². The van der Waals surface area contributed by atoms with E-state index >= 15 is 0 Å². The fourth-order valence-corrected chi connectivity index (χ4v) is 5.21. The van der Waals surface area contributed by atoms with Gasteiger partial charge in [-0.15, -0.1) is 0 Å². The molecule has 0 atom stereocenters. The highest BCUT2D eigenvalue weighted by Gasteiger charge is 2.28. The first-order chi connectivity index (χ1) is 18.1. The van der Waals surface area contributed by atoms with Crippen molar-refractivity contribution >= 4 is 69.2 Å². The Labute approximate surface area is 237 Å². The predicted octanol–water partition coefficient (Wildman–Crippen LogP) is 7.89. The van der Waals surface area contributed by atoms with Gasteiger partial charge in [0, 0.05) is 28.6 Å². The lowest BCUT2D eigenvalue weighted by molar-refractivity contribution is 0.0697. The molecule has 11 heteroatoms. The lowest BCUT2D eigenvalue weighted by Crippen LogP contribution is -2.24. The maximum absolute atomic E-state index is 12.9. The molecule has 0 bridgehead atoms. The SMILES string of the molecule is CCCCCCNC(=O)c1ccc(C(=O)O)c(-c2c3cc(Cl)c(=O)c(Cl)c-3oc3c(Cl)c(O)c(Cl)cc23)c1. The normalized spacial score (nSPS) is 11.3. The highest BCUT2D eigenvalue weighted by atomic mass is 35.5. The molecular formula is C27H21Cl4NO6. The number of carbonyl (C=O) groups is 2. The Kier molecular flexibility index (Phi) is 8.43. The Hall–Kier alpha value is -2.97. The minimum absolute atomic E-state index is 0.0955. The molecule has 0 saturated heterocycles. The molecule has 198 valence electrons. The number of rotatable bonds is 8. The minimum Gasteiger partial charge on any atom is -0.505 e. The van der Waals surface area contributed by atoms with Gasteiger partial charge < -0.3 is 19.9 Å². The Morgan fingerprint density at radius 2 is 1.68 bits per heavy atom. The van der Waals surface area contributed by atoms with E-state index < -0.39 is 17.1 Å². The summed E-state index contributed by atoms with van der Waals surface area (Å²) in [6, 6.07) is 6.77. The first-order valence-electron chi connectivity index (χ1n) is 11.7. The van der Waals surface area contributed by atoms with Gasteiger partial charge in [-0.2, -0.15) is 0 Å². The molecule has 0 saturated carbocycles. The average molecular weight is 597 g/mol. The zero-order valence-corrected chi connectivity index (χ0v) is 23.0. The van der Waals surface area contributed by atoms with Crippen LogP contribution in [0.3, 0.4) is 0 Å². The van der Waals surface area contributed by atoms with Gasteiger partial charge in [-0.3, -0.25) is 9.59 Å². The summed E-state index contributed by atoms with van der Waals surface area (Å²) in [6.07, 6.45) is 3.91. The second-order valence-corrected chi connectivity index (χ2v) is 10.2. The van der Waals surface area contributed by atoms with Crippen LogP contribution in [0.2, 0.25) is 20.1 Å². The maximum atomic E-state index is 12.9. The van der Waals surface area contributed by atoms with Crippen LogP contribution in [-0.2, 0) is 0 Å². The molecule has 0 radical (unpaired) electrons. The van der Waals surface area contributed by atoms with Gasteiger partial charge in [-0.25, -0.2) is 4.79 Å². The summed E-state index contributed by atoms with van der Waals surface area (Å²) in [5.41, 5.74) is -0.271. The molecule has 4 rings (SSSR count). The monoisotopic (exact) mass is 595 g/mol. The fourth-order valence-electron chi connectivity index (χ4n) is 4.22. The topological polar surface area (TPSA) is 117 Å². The number of phenols is 1. The van der Waals surface area contributed by atoms with Gasteiger partial charge >= 0.3 is 5.97 Å². The number of benzene rings is 3. The molecule has 1 aliphatic carbocycles. The van der Waals surface area contributed by atoms with Crippen LogP contribution in [0.4, 0.5) is 0 Å². The number of carbonyl (C=O) groups excluding carboxylic acids is 1. The van der Waals surface area contributed by atoms with Crippen LogP contribution in [0.25, 0.3) is 33.4 Å². The Morgan fingerprint density at radius 3 is 2.37 bits per heavy atom. The Balaban J connectivity index is 2.02. The number of aromatic hydroxyl groups is 1. The molecule has 0 aromatic heterocycles. The van der Waals surface area contributed by atoms with Crippen molar-refractivity contribution in [2.75, 3.05) is 6.54 Å². The van der Waals surface area contributed by atoms with Crippen LogP contribution in [0.15, 0.2) is 39.5 Å². The zero-order chi connectivity index (χ0) is 27.7. The van der Waals surface area contributed by atoms with E-state index in [1.807, 2.05) is 0 Å². The molecule has 2 aromatic rings. The molecule has 0 unspecified atom stereocenters. The highest BCUT2D eigenvalue weighted by Crippen LogP contribution is 2.49. The first-order valence-corrected chi connectivity index (χ1v) is 13.2. The van der Waals surface area contributed by atoms with Crippen molar-refractivity contribution in [1.82, 2.24) is 5.32 Å². The molecule has 1 heterocycles. The van der Waals surface area contributed by atoms with Gasteiger partial charge in [-0.05, 0) is 42.3 Å². The Morgan fingerprint density at radius 1 is 0.947 bits per heavy atom. The third-order valence-corrected chi connectivity index (χ3v) is 7.38. The maximum Gasteiger partial charge on any atom is 0.336 e. The first kappa shape index (κ1) is 28.0. The molecular weight excluding hydrogens is 576 g/mol. The van der Waals surface area contributed by atoms with Crippen molar-refractivity contribution in [3.05, 3.63) is 71.8 Å². The van der Waals surface area contributed by atoms with Crippen molar-refractivity contribution in [2.45, 2.75) is 32.6 Å². The molecule has 0 spiro atoms. The molecule has 1 aliphatic heterocycles. The number of phenolic OH excluding ortho intramolecular Hbond substituents is 1. The number of halogens is 4. The standard InChI is InChI=1S/C27H21Cl4NO6/c1-2-3-4-5-8-32-26(35)12-6-7-13(27(36)37)14(9-12)19-15-10-17(28)22(33)20(30)24(15)38-25-16(19)11-18(29)23(34)21(25)31/h6-7,9-11,33H,2-5,8H2,1H3,(H,32,35)(H,36,37). The molecule has 0 fully saturated rings. The number of hydrogen-bond acceptors (Lipinski definition) is 5. The van der Waals surface area contributed by atoms with E-state index in [0.29, 0.717) is 6.54 Å². The quantitative estimate of drug-likeness (QED) is 0.141. The van der Waals surface area contributed by atoms with Crippen molar-refractivity contribution in [2.24, 2.45) is 0 Å². The van der Waals surface area contributed by atoms with Crippen LogP contribution in [-0.4, -0.2) is 28.6 Å². The largest absolute Gasteiger partial charge is 0.505 e. The van der Waals surface area contributed by atoms with Gasteiger partial charge in [0.2, 0.25) is 5.43 Å². The minimum atomic E-state index is -1.28. The van der Waals surface area contributed by atoms with Gasteiger partial charge in [0.15, 0.2) is 17.1 Å². The summed E-state index contributed by atoms with van der Waals surface area (Å²) in [6.45, 7) is 2.56. The smallest absolute Gasteiger partial charge is 0.336 e. The number of amides is 1. The van der Waals surface area contributed by atoms with E-state index in [9.17, 15) is 24.6 Å². The van der Waals surface area contributed by atoms with E-state index in [0.717, 1.165) is 25.7 Å². The summed E-state index contributed by atoms with van der Waals surface area (Å²) in [4.78, 5) is 37.7. The number of unbranched alkanes of at least 4 members (excludes halogenated alkanes) is 3. The van der Waals surface area contributed by atoms with E-state index in [4.69, 9.17) is 50.8 Å². The van der Waals surface area contributed by atoms with E-state index in [-0.39, 0.29) is 70.5 Å². The number of aromatic carboxylic acids is 1. The fraction of sp³-hybridized carbons (Fsp3) is 0.222. The number of carboxylic acids is 1. The van der Waals surface area contributed by atoms with Crippen molar-refractivity contribution < 1.29 is 24.2 Å². The van der Waals surface area contributed by atoms with Crippen molar-refractivity contribution in [3.63, 3.8) is 0 Å². The lowest BCUT2D eigenvalue weighted by atomic mass is 9.89. The summed E-state index contributed by atoms with van der Waals surface area (Å²) in [5.74, 6) is -2.27. The Bertz CT molecular complexity index is 1610. The second-order valence-electron chi connectivity index (χ2n) is 8.63. The van der Waals surface area contributed by atoms with Crippen LogP contribution in [0.5, 0.6) is 5.75 Å². The molecule has 1 amide bonds. The van der Waals surface area contributed by atoms with Crippen molar-refractivity contribution in [3.8, 4) is 28.2 Å². The highest BCUT2D eigenvalue weighted by molar-refractivity contribution is 6.41. The van der Waals surface area contributed by atoms with Crippen LogP contribution in [0, 0.1) is 0 Å². The summed E-state index contributed by atoms with van der Waals surface area (Å²) in [5, 5.41) is 22.4. The summed E-state index contributed by atoms with van der Waals surface area (Å²) in [7, 11) is 0. The van der Waals surface area contributed by atoms with Gasteiger partial charge in [-0.1, -0.05) is 72.6 Å². The van der Waals surface area contributed by atoms with Crippen molar-refractivity contribution in [1.29, 1.82) is 0 Å². The third-order valence-electron chi connectivity index (χ3n) is 6.12. The van der Waals surface area contributed by atoms with Crippen LogP contribution >= 0.6 is 46.4 Å². The van der Waals surface area contributed by atoms with Gasteiger partial charge in [0.05, 0.1) is 15.6 Å². The molecule has 2 aromatic carbocycles. The van der Waals surface area contributed by atoms with Crippen LogP contribution < -0.4 is 10.7 Å². The van der Waals surface area contributed by atoms with E-state index in [1.165, 1.54) is 30.3 Å². The number of fused-ring (bicyclic) bond motifs is 2. The van der Waals surface area contributed by atoms with Gasteiger partial charge in [0.1, 0.15) is 10.0 Å². The molecule has 2 aliphatic rings. The molecule has 3 N–H and O–H groups in total. The number of carboxylic acid groups (broad SMARTS) is 1. The van der Waals surface area contributed by atoms with Gasteiger partial charge in [0.25, 0.3) is 5.91 Å². The van der Waals surface area contributed by atoms with E-state index in [1.54, 1.807) is 0 Å². The number of hydrogen-bond donors (Lipinski definition) is 3. The second kappa shape index (κ2) is 11.4. The zero-order valence-electron chi connectivity index (χ0n) is 20.0. The lowest BCUT2D eigenvalue weighted by Gasteiger charge is -2.19. The summed E-state index contributed by atoms with van der Waals surface area (Å²) >= 11 is 25.0. The average Bonchev–Trinajstić information content (AvgIpc) is 2.89. The molecule has 38 heavy (non-hydrogen) atoms. The number of nitrogens with one attached hydrogen (secondary N) is 1. The molecule has 7 nitrogen and oxygen atoms in total. The predicted molar refractivity (Wildman–Crippen MR) is 150 cm³/mol. The third kappa shape index (κ3) is 5.16. The summed E-state index contributed by atoms with van der Waals surface area (Å²) < 4.78 is 5.84. The van der Waals surface area contributed by atoms with Crippen LogP contribution in [0.1, 0.15) is 53.3 Å².